The van der Waals surface area contributed by atoms with Gasteiger partial charge in [-0.25, -0.2) is 0 Å². The average molecular weight is 700 g/mol. The molecule has 0 aliphatic carbocycles. The van der Waals surface area contributed by atoms with Crippen molar-refractivity contribution in [2.24, 2.45) is 0 Å². The second kappa shape index (κ2) is 15.2. The first-order valence-electron chi connectivity index (χ1n) is 18.2. The molecule has 0 radical (unpaired) electrons. The molecule has 1 heterocycles. The number of nitrogens with zero attached hydrogens (tertiary/aromatic N) is 1. The summed E-state index contributed by atoms with van der Waals surface area (Å²) in [6, 6.07) is 67.4. The van der Waals surface area contributed by atoms with Crippen molar-refractivity contribution in [1.29, 1.82) is 0 Å². The first-order valence-corrected chi connectivity index (χ1v) is 19.0. The molecule has 53 heavy (non-hydrogen) atoms. The zero-order valence-electron chi connectivity index (χ0n) is 30.3. The SMILES string of the molecule is Cc1ccc(-c2ccc(N(c3ccc(-c4ccccc4)cc3)c3ccc4ccccc4c3)cc2)cc1.Cc1ccccc1-c1ccc2ccsc2c1C. The molecule has 0 saturated heterocycles. The van der Waals surface area contributed by atoms with Crippen LogP contribution in [0.2, 0.25) is 0 Å². The van der Waals surface area contributed by atoms with Gasteiger partial charge in [0.15, 0.2) is 0 Å². The number of thiophene rings is 1. The summed E-state index contributed by atoms with van der Waals surface area (Å²) in [6.45, 7) is 6.52. The molecule has 0 bridgehead atoms. The van der Waals surface area contributed by atoms with E-state index in [9.17, 15) is 0 Å². The van der Waals surface area contributed by atoms with Crippen molar-refractivity contribution in [3.05, 3.63) is 210 Å². The quantitative estimate of drug-likeness (QED) is 0.167. The Bertz CT molecular complexity index is 2620. The highest BCUT2D eigenvalue weighted by Crippen LogP contribution is 2.38. The number of fused-ring (bicyclic) bond motifs is 2. The van der Waals surface area contributed by atoms with E-state index in [2.05, 4.69) is 219 Å². The molecule has 0 fully saturated rings. The summed E-state index contributed by atoms with van der Waals surface area (Å²) in [4.78, 5) is 2.33. The molecule has 8 aromatic carbocycles. The predicted molar refractivity (Wildman–Crippen MR) is 231 cm³/mol. The van der Waals surface area contributed by atoms with Gasteiger partial charge in [0.25, 0.3) is 0 Å². The van der Waals surface area contributed by atoms with Gasteiger partial charge in [0.2, 0.25) is 0 Å². The topological polar surface area (TPSA) is 3.24 Å². The average Bonchev–Trinajstić information content (AvgIpc) is 3.70. The Hall–Kier alpha value is -6.22. The Morgan fingerprint density at radius 1 is 0.377 bits per heavy atom. The molecular weight excluding hydrogens is 659 g/mol. The van der Waals surface area contributed by atoms with Gasteiger partial charge in [-0.1, -0.05) is 151 Å². The lowest BCUT2D eigenvalue weighted by Crippen LogP contribution is -2.09. The van der Waals surface area contributed by atoms with Gasteiger partial charge < -0.3 is 4.90 Å². The van der Waals surface area contributed by atoms with Gasteiger partial charge in [-0.3, -0.25) is 0 Å². The van der Waals surface area contributed by atoms with Crippen LogP contribution in [0.25, 0.3) is 54.2 Å². The van der Waals surface area contributed by atoms with E-state index in [0.29, 0.717) is 0 Å². The number of hydrogen-bond donors (Lipinski definition) is 0. The van der Waals surface area contributed by atoms with Crippen LogP contribution in [0.15, 0.2) is 193 Å². The summed E-state index contributed by atoms with van der Waals surface area (Å²) in [5.41, 5.74) is 15.0. The molecule has 9 aromatic rings. The summed E-state index contributed by atoms with van der Waals surface area (Å²) in [7, 11) is 0. The lowest BCUT2D eigenvalue weighted by atomic mass is 9.96. The number of aryl methyl sites for hydroxylation is 3. The smallest absolute Gasteiger partial charge is 0.0468 e. The summed E-state index contributed by atoms with van der Waals surface area (Å²) >= 11 is 1.83. The van der Waals surface area contributed by atoms with Gasteiger partial charge in [-0.2, -0.15) is 0 Å². The highest BCUT2D eigenvalue weighted by molar-refractivity contribution is 7.17. The van der Waals surface area contributed by atoms with E-state index in [1.54, 1.807) is 0 Å². The van der Waals surface area contributed by atoms with Crippen LogP contribution in [-0.4, -0.2) is 0 Å². The molecular formula is C51H41NS. The molecule has 0 saturated carbocycles. The Morgan fingerprint density at radius 2 is 0.906 bits per heavy atom. The summed E-state index contributed by atoms with van der Waals surface area (Å²) in [5.74, 6) is 0. The number of anilines is 3. The zero-order valence-corrected chi connectivity index (χ0v) is 31.1. The van der Waals surface area contributed by atoms with Crippen LogP contribution in [0.1, 0.15) is 16.7 Å². The fraction of sp³-hybridized carbons (Fsp3) is 0.0588. The molecule has 0 spiro atoms. The van der Waals surface area contributed by atoms with Crippen LogP contribution >= 0.6 is 11.3 Å². The summed E-state index contributed by atoms with van der Waals surface area (Å²) in [5, 5.41) is 6.00. The van der Waals surface area contributed by atoms with Crippen molar-refractivity contribution in [2.75, 3.05) is 4.90 Å². The van der Waals surface area contributed by atoms with Crippen molar-refractivity contribution in [1.82, 2.24) is 0 Å². The predicted octanol–water partition coefficient (Wildman–Crippen LogP) is 15.1. The van der Waals surface area contributed by atoms with Crippen LogP contribution in [0.4, 0.5) is 17.1 Å². The van der Waals surface area contributed by atoms with Gasteiger partial charge >= 0.3 is 0 Å². The van der Waals surface area contributed by atoms with E-state index in [1.807, 2.05) is 11.3 Å². The van der Waals surface area contributed by atoms with Crippen molar-refractivity contribution >= 4 is 49.3 Å². The maximum atomic E-state index is 2.33. The van der Waals surface area contributed by atoms with E-state index >= 15 is 0 Å². The van der Waals surface area contributed by atoms with Crippen LogP contribution in [0.3, 0.4) is 0 Å². The minimum absolute atomic E-state index is 1.13. The third kappa shape index (κ3) is 7.28. The summed E-state index contributed by atoms with van der Waals surface area (Å²) < 4.78 is 1.41. The van der Waals surface area contributed by atoms with E-state index in [0.717, 1.165) is 17.1 Å². The highest BCUT2D eigenvalue weighted by atomic mass is 32.1. The minimum atomic E-state index is 1.13. The van der Waals surface area contributed by atoms with Gasteiger partial charge in [-0.15, -0.1) is 11.3 Å². The molecule has 0 aliphatic rings. The second-order valence-electron chi connectivity index (χ2n) is 13.6. The first kappa shape index (κ1) is 33.9. The van der Waals surface area contributed by atoms with Crippen molar-refractivity contribution in [3.8, 4) is 33.4 Å². The number of rotatable bonds is 6. The standard InChI is InChI=1S/C35H27N.C16H14S/c1-26-11-13-29(14-12-26)31-17-22-34(23-18-31)36(35-24-19-28-9-5-6-10-32(28)25-35)33-20-15-30(16-21-33)27-7-3-2-4-8-27;1-11-5-3-4-6-14(11)15-8-7-13-9-10-17-16(13)12(15)2/h2-25H,1H3;3-10H,1-2H3. The highest BCUT2D eigenvalue weighted by Gasteiger charge is 2.14. The molecule has 0 unspecified atom stereocenters. The molecule has 0 atom stereocenters. The molecule has 9 rings (SSSR count). The van der Waals surface area contributed by atoms with E-state index < -0.39 is 0 Å². The Labute approximate surface area is 317 Å². The molecule has 0 aliphatic heterocycles. The van der Waals surface area contributed by atoms with E-state index in [1.165, 1.54) is 70.9 Å². The third-order valence-electron chi connectivity index (χ3n) is 10.0. The Kier molecular flexibility index (Phi) is 9.71. The molecule has 2 heteroatoms. The lowest BCUT2D eigenvalue weighted by molar-refractivity contribution is 1.29. The normalized spacial score (nSPS) is 10.9. The molecule has 0 N–H and O–H groups in total. The van der Waals surface area contributed by atoms with Crippen molar-refractivity contribution in [2.45, 2.75) is 20.8 Å². The largest absolute Gasteiger partial charge is 0.310 e. The molecule has 0 amide bonds. The fourth-order valence-electron chi connectivity index (χ4n) is 7.09. The van der Waals surface area contributed by atoms with Crippen molar-refractivity contribution < 1.29 is 0 Å². The monoisotopic (exact) mass is 699 g/mol. The Balaban J connectivity index is 0.000000196. The molecule has 1 nitrogen and oxygen atoms in total. The number of benzene rings is 8. The van der Waals surface area contributed by atoms with Crippen LogP contribution in [0, 0.1) is 20.8 Å². The minimum Gasteiger partial charge on any atom is -0.310 e. The lowest BCUT2D eigenvalue weighted by Gasteiger charge is -2.26. The second-order valence-corrected chi connectivity index (χ2v) is 14.5. The zero-order chi connectivity index (χ0) is 36.1. The van der Waals surface area contributed by atoms with Crippen LogP contribution in [-0.2, 0) is 0 Å². The summed E-state index contributed by atoms with van der Waals surface area (Å²) in [6.07, 6.45) is 0. The van der Waals surface area contributed by atoms with Gasteiger partial charge in [-0.05, 0) is 129 Å². The Morgan fingerprint density at radius 3 is 1.57 bits per heavy atom. The first-order chi connectivity index (χ1) is 26.0. The van der Waals surface area contributed by atoms with Crippen LogP contribution in [0.5, 0.6) is 0 Å². The maximum absolute atomic E-state index is 2.33. The van der Waals surface area contributed by atoms with Gasteiger partial charge in [0, 0.05) is 21.8 Å². The molecule has 1 aromatic heterocycles. The fourth-order valence-corrected chi connectivity index (χ4v) is 8.00. The van der Waals surface area contributed by atoms with Crippen LogP contribution < -0.4 is 4.90 Å². The van der Waals surface area contributed by atoms with E-state index in [4.69, 9.17) is 0 Å². The molecule has 256 valence electrons. The third-order valence-corrected chi connectivity index (χ3v) is 11.1. The number of hydrogen-bond acceptors (Lipinski definition) is 2. The maximum Gasteiger partial charge on any atom is 0.0468 e. The van der Waals surface area contributed by atoms with Gasteiger partial charge in [0.1, 0.15) is 0 Å². The van der Waals surface area contributed by atoms with Gasteiger partial charge in [0.05, 0.1) is 0 Å². The van der Waals surface area contributed by atoms with Crippen molar-refractivity contribution in [3.63, 3.8) is 0 Å². The van der Waals surface area contributed by atoms with E-state index in [-0.39, 0.29) is 0 Å².